The minimum absolute atomic E-state index is 0.0632. The molecule has 4 nitrogen and oxygen atoms in total. The van der Waals surface area contributed by atoms with Crippen LogP contribution in [0.25, 0.3) is 0 Å². The maximum atomic E-state index is 12.3. The molecule has 25 heavy (non-hydrogen) atoms. The summed E-state index contributed by atoms with van der Waals surface area (Å²) in [6.07, 6.45) is 0. The summed E-state index contributed by atoms with van der Waals surface area (Å²) in [4.78, 5) is 16.3. The average molecular weight is 399 g/mol. The molecule has 1 aliphatic heterocycles. The number of nitrogens with one attached hydrogen (secondary N) is 1. The standard InChI is InChI=1S/C18H18Cl3N3O/c19-14-3-1-13(2-4-14)12-22-18(25)24-9-7-23(8-10-24)17-11-15(20)5-6-16(17)21/h1-6,11H,7-10,12H2,(H,22,25). The summed E-state index contributed by atoms with van der Waals surface area (Å²) in [5.74, 6) is 0. The Morgan fingerprint density at radius 2 is 1.56 bits per heavy atom. The number of carbonyl (C=O) groups is 1. The number of nitrogens with zero attached hydrogens (tertiary/aromatic N) is 2. The van der Waals surface area contributed by atoms with Gasteiger partial charge in [-0.3, -0.25) is 0 Å². The average Bonchev–Trinajstić information content (AvgIpc) is 2.63. The predicted molar refractivity (Wildman–Crippen MR) is 104 cm³/mol. The molecule has 7 heteroatoms. The van der Waals surface area contributed by atoms with Gasteiger partial charge in [-0.25, -0.2) is 4.79 Å². The quantitative estimate of drug-likeness (QED) is 0.815. The summed E-state index contributed by atoms with van der Waals surface area (Å²) in [6.45, 7) is 3.18. The lowest BCUT2D eigenvalue weighted by Gasteiger charge is -2.36. The number of hydrogen-bond donors (Lipinski definition) is 1. The fourth-order valence-corrected chi connectivity index (χ4v) is 3.30. The summed E-state index contributed by atoms with van der Waals surface area (Å²) < 4.78 is 0. The number of piperazine rings is 1. The molecule has 2 aromatic rings. The minimum Gasteiger partial charge on any atom is -0.367 e. The zero-order valence-corrected chi connectivity index (χ0v) is 15.8. The fourth-order valence-electron chi connectivity index (χ4n) is 2.77. The molecule has 0 radical (unpaired) electrons. The molecule has 1 aliphatic rings. The van der Waals surface area contributed by atoms with Gasteiger partial charge >= 0.3 is 6.03 Å². The molecule has 1 saturated heterocycles. The van der Waals surface area contributed by atoms with Crippen LogP contribution in [0.4, 0.5) is 10.5 Å². The van der Waals surface area contributed by atoms with Gasteiger partial charge in [0.1, 0.15) is 0 Å². The molecule has 1 N–H and O–H groups in total. The van der Waals surface area contributed by atoms with Gasteiger partial charge in [-0.05, 0) is 35.9 Å². The number of carbonyl (C=O) groups excluding carboxylic acids is 1. The second-order valence-corrected chi connectivity index (χ2v) is 7.14. The normalized spacial score (nSPS) is 14.5. The van der Waals surface area contributed by atoms with E-state index in [1.165, 1.54) is 0 Å². The second-order valence-electron chi connectivity index (χ2n) is 5.86. The Morgan fingerprint density at radius 3 is 2.24 bits per heavy atom. The van der Waals surface area contributed by atoms with Crippen molar-refractivity contribution in [2.75, 3.05) is 31.1 Å². The highest BCUT2D eigenvalue weighted by molar-refractivity contribution is 6.35. The molecule has 0 aliphatic carbocycles. The van der Waals surface area contributed by atoms with Gasteiger partial charge in [0.15, 0.2) is 0 Å². The Morgan fingerprint density at radius 1 is 0.920 bits per heavy atom. The maximum Gasteiger partial charge on any atom is 0.317 e. The van der Waals surface area contributed by atoms with Crippen LogP contribution >= 0.6 is 34.8 Å². The highest BCUT2D eigenvalue weighted by atomic mass is 35.5. The van der Waals surface area contributed by atoms with E-state index in [1.54, 1.807) is 12.1 Å². The molecule has 1 fully saturated rings. The lowest BCUT2D eigenvalue weighted by Crippen LogP contribution is -2.51. The Hall–Kier alpha value is -1.62. The minimum atomic E-state index is -0.0632. The van der Waals surface area contributed by atoms with Crippen molar-refractivity contribution in [3.05, 3.63) is 63.1 Å². The van der Waals surface area contributed by atoms with E-state index in [4.69, 9.17) is 34.8 Å². The number of hydrogen-bond acceptors (Lipinski definition) is 2. The molecular weight excluding hydrogens is 381 g/mol. The molecule has 0 unspecified atom stereocenters. The molecule has 0 saturated carbocycles. The van der Waals surface area contributed by atoms with Gasteiger partial charge in [-0.1, -0.05) is 46.9 Å². The fraction of sp³-hybridized carbons (Fsp3) is 0.278. The van der Waals surface area contributed by atoms with Crippen molar-refractivity contribution in [1.29, 1.82) is 0 Å². The highest BCUT2D eigenvalue weighted by Crippen LogP contribution is 2.29. The van der Waals surface area contributed by atoms with Crippen LogP contribution in [-0.2, 0) is 6.54 Å². The molecule has 3 rings (SSSR count). The summed E-state index contributed by atoms with van der Waals surface area (Å²) in [5.41, 5.74) is 1.93. The molecule has 2 aromatic carbocycles. The first-order valence-corrected chi connectivity index (χ1v) is 9.13. The van der Waals surface area contributed by atoms with E-state index < -0.39 is 0 Å². The first-order valence-electron chi connectivity index (χ1n) is 8.00. The number of anilines is 1. The van der Waals surface area contributed by atoms with Crippen molar-refractivity contribution in [1.82, 2.24) is 10.2 Å². The Bertz CT molecular complexity index is 744. The Balaban J connectivity index is 1.52. The second kappa shape index (κ2) is 8.17. The van der Waals surface area contributed by atoms with Crippen molar-refractivity contribution < 1.29 is 4.79 Å². The summed E-state index contributed by atoms with van der Waals surface area (Å²) in [6, 6.07) is 12.8. The largest absolute Gasteiger partial charge is 0.367 e. The van der Waals surface area contributed by atoms with Crippen LogP contribution in [-0.4, -0.2) is 37.1 Å². The lowest BCUT2D eigenvalue weighted by atomic mass is 10.2. The van der Waals surface area contributed by atoms with Gasteiger partial charge in [0.05, 0.1) is 10.7 Å². The number of rotatable bonds is 3. The molecule has 132 valence electrons. The molecule has 0 atom stereocenters. The SMILES string of the molecule is O=C(NCc1ccc(Cl)cc1)N1CCN(c2cc(Cl)ccc2Cl)CC1. The van der Waals surface area contributed by atoms with E-state index in [0.29, 0.717) is 47.8 Å². The zero-order chi connectivity index (χ0) is 17.8. The van der Waals surface area contributed by atoms with Crippen LogP contribution in [0, 0.1) is 0 Å². The maximum absolute atomic E-state index is 12.3. The third-order valence-corrected chi connectivity index (χ3v) is 4.98. The Kier molecular flexibility index (Phi) is 5.94. The number of benzene rings is 2. The van der Waals surface area contributed by atoms with Crippen LogP contribution in [0.2, 0.25) is 15.1 Å². The van der Waals surface area contributed by atoms with Crippen LogP contribution in [0.5, 0.6) is 0 Å². The van der Waals surface area contributed by atoms with Crippen LogP contribution in [0.15, 0.2) is 42.5 Å². The predicted octanol–water partition coefficient (Wildman–Crippen LogP) is 4.68. The number of amides is 2. The van der Waals surface area contributed by atoms with Crippen LogP contribution in [0.1, 0.15) is 5.56 Å². The van der Waals surface area contributed by atoms with Gasteiger partial charge < -0.3 is 15.1 Å². The highest BCUT2D eigenvalue weighted by Gasteiger charge is 2.22. The molecule has 0 spiro atoms. The van der Waals surface area contributed by atoms with Crippen molar-refractivity contribution in [2.45, 2.75) is 6.54 Å². The molecule has 1 heterocycles. The van der Waals surface area contributed by atoms with Crippen LogP contribution < -0.4 is 10.2 Å². The van der Waals surface area contributed by atoms with E-state index in [1.807, 2.05) is 35.2 Å². The third-order valence-electron chi connectivity index (χ3n) is 4.17. The number of urea groups is 1. The van der Waals surface area contributed by atoms with Crippen molar-refractivity contribution in [2.24, 2.45) is 0 Å². The first kappa shape index (κ1) is 18.2. The van der Waals surface area contributed by atoms with Crippen molar-refractivity contribution >= 4 is 46.5 Å². The van der Waals surface area contributed by atoms with Gasteiger partial charge in [0.2, 0.25) is 0 Å². The monoisotopic (exact) mass is 397 g/mol. The van der Waals surface area contributed by atoms with Gasteiger partial charge in [-0.15, -0.1) is 0 Å². The first-order chi connectivity index (χ1) is 12.0. The van der Waals surface area contributed by atoms with Gasteiger partial charge in [0.25, 0.3) is 0 Å². The van der Waals surface area contributed by atoms with Crippen molar-refractivity contribution in [3.63, 3.8) is 0 Å². The summed E-state index contributed by atoms with van der Waals surface area (Å²) in [7, 11) is 0. The van der Waals surface area contributed by atoms with Crippen molar-refractivity contribution in [3.8, 4) is 0 Å². The molecular formula is C18H18Cl3N3O. The lowest BCUT2D eigenvalue weighted by molar-refractivity contribution is 0.194. The van der Waals surface area contributed by atoms with Gasteiger partial charge in [-0.2, -0.15) is 0 Å². The van der Waals surface area contributed by atoms with Gasteiger partial charge in [0, 0.05) is 42.8 Å². The summed E-state index contributed by atoms with van der Waals surface area (Å²) in [5, 5.41) is 4.95. The van der Waals surface area contributed by atoms with Crippen LogP contribution in [0.3, 0.4) is 0 Å². The third kappa shape index (κ3) is 4.72. The molecule has 2 amide bonds. The van der Waals surface area contributed by atoms with E-state index in [-0.39, 0.29) is 6.03 Å². The Labute approximate surface area is 162 Å². The van der Waals surface area contributed by atoms with E-state index in [9.17, 15) is 4.79 Å². The van der Waals surface area contributed by atoms with E-state index >= 15 is 0 Å². The summed E-state index contributed by atoms with van der Waals surface area (Å²) >= 11 is 18.2. The molecule has 0 bridgehead atoms. The smallest absolute Gasteiger partial charge is 0.317 e. The molecule has 0 aromatic heterocycles. The topological polar surface area (TPSA) is 35.6 Å². The van der Waals surface area contributed by atoms with E-state index in [0.717, 1.165) is 11.3 Å². The zero-order valence-electron chi connectivity index (χ0n) is 13.5. The van der Waals surface area contributed by atoms with E-state index in [2.05, 4.69) is 10.2 Å². The number of halogens is 3.